The second-order valence-electron chi connectivity index (χ2n) is 7.35. The van der Waals surface area contributed by atoms with Crippen LogP contribution in [0.1, 0.15) is 24.8 Å². The first-order valence-electron chi connectivity index (χ1n) is 9.44. The number of ether oxygens (including phenoxy) is 1. The van der Waals surface area contributed by atoms with E-state index in [-0.39, 0.29) is 39.5 Å². The fourth-order valence-corrected chi connectivity index (χ4v) is 3.93. The molecule has 8 nitrogen and oxygen atoms in total. The zero-order chi connectivity index (χ0) is 22.4. The van der Waals surface area contributed by atoms with Gasteiger partial charge in [0.05, 0.1) is 28.6 Å². The first kappa shape index (κ1) is 21.2. The molecule has 2 heterocycles. The molecule has 1 aromatic carbocycles. The Morgan fingerprint density at radius 1 is 1.23 bits per heavy atom. The Labute approximate surface area is 176 Å². The van der Waals surface area contributed by atoms with Gasteiger partial charge in [0, 0.05) is 24.6 Å². The highest BCUT2D eigenvalue weighted by Gasteiger charge is 2.36. The molecule has 166 valence electrons. The van der Waals surface area contributed by atoms with Crippen LogP contribution < -0.4 is 15.4 Å². The Bertz CT molecular complexity index is 1240. The van der Waals surface area contributed by atoms with Crippen LogP contribution >= 0.6 is 0 Å². The summed E-state index contributed by atoms with van der Waals surface area (Å²) in [5.74, 6) is 0.343. The molecule has 0 spiro atoms. The molecule has 0 saturated heterocycles. The van der Waals surface area contributed by atoms with Crippen molar-refractivity contribution in [3.8, 4) is 5.75 Å². The normalized spacial score (nSPS) is 15.0. The summed E-state index contributed by atoms with van der Waals surface area (Å²) in [5.41, 5.74) is -0.448. The van der Waals surface area contributed by atoms with Gasteiger partial charge in [-0.15, -0.1) is 0 Å². The minimum Gasteiger partial charge on any atom is -0.495 e. The number of anilines is 3. The van der Waals surface area contributed by atoms with E-state index in [0.29, 0.717) is 5.69 Å². The number of sulfone groups is 1. The van der Waals surface area contributed by atoms with Gasteiger partial charge in [-0.05, 0) is 31.4 Å². The summed E-state index contributed by atoms with van der Waals surface area (Å²) in [6, 6.07) is 4.27. The molecule has 3 aromatic rings. The van der Waals surface area contributed by atoms with Gasteiger partial charge in [0.1, 0.15) is 17.2 Å². The van der Waals surface area contributed by atoms with Crippen molar-refractivity contribution in [1.29, 1.82) is 0 Å². The van der Waals surface area contributed by atoms with Crippen LogP contribution in [0.15, 0.2) is 29.3 Å². The van der Waals surface area contributed by atoms with Crippen LogP contribution in [-0.2, 0) is 16.0 Å². The van der Waals surface area contributed by atoms with E-state index in [1.54, 1.807) is 0 Å². The smallest absolute Gasteiger partial charge is 0.418 e. The van der Waals surface area contributed by atoms with Crippen LogP contribution in [0.4, 0.5) is 30.6 Å². The van der Waals surface area contributed by atoms with Crippen LogP contribution in [0.25, 0.3) is 11.0 Å². The number of alkyl halides is 3. The standard InChI is InChI=1S/C19H20F3N5O3S/c1-30-14-8-11(31(2,28)29)6-7-13(14)25-18-26-16-15(12(9-23-16)19(20,21)22)17(27-18)24-10-4-3-5-10/h6-10H,3-5H2,1-2H3,(H3,23,24,25,26,27). The van der Waals surface area contributed by atoms with Gasteiger partial charge >= 0.3 is 6.18 Å². The number of H-pyrrole nitrogens is 1. The summed E-state index contributed by atoms with van der Waals surface area (Å²) < 4.78 is 69.2. The number of methoxy groups -OCH3 is 1. The first-order chi connectivity index (χ1) is 14.6. The average molecular weight is 455 g/mol. The molecule has 1 saturated carbocycles. The van der Waals surface area contributed by atoms with Crippen LogP contribution in [0, 0.1) is 0 Å². The van der Waals surface area contributed by atoms with Gasteiger partial charge < -0.3 is 20.4 Å². The topological polar surface area (TPSA) is 109 Å². The number of hydrogen-bond donors (Lipinski definition) is 3. The Morgan fingerprint density at radius 3 is 2.55 bits per heavy atom. The van der Waals surface area contributed by atoms with Gasteiger partial charge in [-0.1, -0.05) is 0 Å². The lowest BCUT2D eigenvalue weighted by atomic mass is 9.93. The highest BCUT2D eigenvalue weighted by molar-refractivity contribution is 7.90. The largest absolute Gasteiger partial charge is 0.495 e. The van der Waals surface area contributed by atoms with Crippen molar-refractivity contribution in [1.82, 2.24) is 15.0 Å². The predicted molar refractivity (Wildman–Crippen MR) is 110 cm³/mol. The lowest BCUT2D eigenvalue weighted by Gasteiger charge is -2.27. The molecule has 12 heteroatoms. The van der Waals surface area contributed by atoms with E-state index in [1.165, 1.54) is 25.3 Å². The maximum absolute atomic E-state index is 13.5. The number of benzene rings is 1. The minimum absolute atomic E-state index is 0.0263. The Balaban J connectivity index is 1.76. The lowest BCUT2D eigenvalue weighted by molar-refractivity contribution is -0.136. The number of nitrogens with zero attached hydrogens (tertiary/aromatic N) is 2. The number of halogens is 3. The van der Waals surface area contributed by atoms with Crippen molar-refractivity contribution in [2.45, 2.75) is 36.4 Å². The molecule has 1 aliphatic carbocycles. The van der Waals surface area contributed by atoms with Crippen molar-refractivity contribution >= 4 is 38.3 Å². The third-order valence-electron chi connectivity index (χ3n) is 5.13. The molecule has 0 unspecified atom stereocenters. The number of fused-ring (bicyclic) bond motifs is 1. The quantitative estimate of drug-likeness (QED) is 0.514. The molecule has 1 aliphatic rings. The number of hydrogen-bond acceptors (Lipinski definition) is 7. The third-order valence-corrected chi connectivity index (χ3v) is 6.24. The summed E-state index contributed by atoms with van der Waals surface area (Å²) in [6.45, 7) is 0. The molecular formula is C19H20F3N5O3S. The molecule has 0 amide bonds. The summed E-state index contributed by atoms with van der Waals surface area (Å²) in [7, 11) is -2.07. The lowest BCUT2D eigenvalue weighted by Crippen LogP contribution is -2.28. The summed E-state index contributed by atoms with van der Waals surface area (Å²) in [5, 5.41) is 5.87. The van der Waals surface area contributed by atoms with E-state index in [4.69, 9.17) is 4.74 Å². The summed E-state index contributed by atoms with van der Waals surface area (Å²) in [4.78, 5) is 11.1. The number of nitrogens with one attached hydrogen (secondary N) is 3. The number of aromatic nitrogens is 3. The second kappa shape index (κ2) is 7.59. The van der Waals surface area contributed by atoms with E-state index in [0.717, 1.165) is 31.7 Å². The van der Waals surface area contributed by atoms with Gasteiger partial charge in [0.15, 0.2) is 9.84 Å². The van der Waals surface area contributed by atoms with Crippen LogP contribution in [0.3, 0.4) is 0 Å². The van der Waals surface area contributed by atoms with Crippen LogP contribution in [0.5, 0.6) is 5.75 Å². The Hall–Kier alpha value is -3.02. The SMILES string of the molecule is COc1cc(S(C)(=O)=O)ccc1Nc1nc(NC2CCC2)c2c(C(F)(F)F)c[nH]c2n1. The van der Waals surface area contributed by atoms with E-state index in [9.17, 15) is 21.6 Å². The predicted octanol–water partition coefficient (Wildman–Crippen LogP) is 4.10. The molecule has 0 bridgehead atoms. The summed E-state index contributed by atoms with van der Waals surface area (Å²) in [6.07, 6.45) is 0.0867. The first-order valence-corrected chi connectivity index (χ1v) is 11.3. The van der Waals surface area contributed by atoms with E-state index in [2.05, 4.69) is 25.6 Å². The van der Waals surface area contributed by atoms with Crippen molar-refractivity contribution in [3.05, 3.63) is 30.0 Å². The molecule has 0 radical (unpaired) electrons. The van der Waals surface area contributed by atoms with E-state index >= 15 is 0 Å². The minimum atomic E-state index is -4.56. The Morgan fingerprint density at radius 2 is 1.97 bits per heavy atom. The van der Waals surface area contributed by atoms with Gasteiger partial charge in [0.2, 0.25) is 5.95 Å². The fourth-order valence-electron chi connectivity index (χ4n) is 3.29. The third kappa shape index (κ3) is 4.24. The van der Waals surface area contributed by atoms with Gasteiger partial charge in [-0.2, -0.15) is 23.1 Å². The van der Waals surface area contributed by atoms with E-state index < -0.39 is 21.6 Å². The van der Waals surface area contributed by atoms with Crippen molar-refractivity contribution in [2.75, 3.05) is 24.0 Å². The Kier molecular flexibility index (Phi) is 5.20. The highest BCUT2D eigenvalue weighted by atomic mass is 32.2. The number of rotatable bonds is 6. The monoisotopic (exact) mass is 455 g/mol. The molecule has 4 rings (SSSR count). The number of aromatic amines is 1. The molecule has 0 aliphatic heterocycles. The fraction of sp³-hybridized carbons (Fsp3) is 0.368. The maximum atomic E-state index is 13.5. The highest BCUT2D eigenvalue weighted by Crippen LogP contribution is 2.39. The zero-order valence-electron chi connectivity index (χ0n) is 16.7. The molecule has 2 aromatic heterocycles. The molecule has 1 fully saturated rings. The van der Waals surface area contributed by atoms with Gasteiger partial charge in [-0.3, -0.25) is 0 Å². The van der Waals surface area contributed by atoms with E-state index in [1.807, 2.05) is 0 Å². The van der Waals surface area contributed by atoms with Crippen LogP contribution in [-0.4, -0.2) is 42.8 Å². The summed E-state index contributed by atoms with van der Waals surface area (Å²) >= 11 is 0. The maximum Gasteiger partial charge on any atom is 0.418 e. The molecule has 31 heavy (non-hydrogen) atoms. The van der Waals surface area contributed by atoms with Gasteiger partial charge in [0.25, 0.3) is 0 Å². The zero-order valence-corrected chi connectivity index (χ0v) is 17.5. The average Bonchev–Trinajstić information content (AvgIpc) is 3.08. The van der Waals surface area contributed by atoms with Gasteiger partial charge in [-0.25, -0.2) is 8.42 Å². The molecule has 3 N–H and O–H groups in total. The molecular weight excluding hydrogens is 435 g/mol. The van der Waals surface area contributed by atoms with Crippen LogP contribution in [0.2, 0.25) is 0 Å². The van der Waals surface area contributed by atoms with Crippen molar-refractivity contribution < 1.29 is 26.3 Å². The van der Waals surface area contributed by atoms with Crippen molar-refractivity contribution in [3.63, 3.8) is 0 Å². The second-order valence-corrected chi connectivity index (χ2v) is 9.37. The molecule has 0 atom stereocenters. The van der Waals surface area contributed by atoms with Crippen molar-refractivity contribution in [2.24, 2.45) is 0 Å².